The first kappa shape index (κ1) is 18.9. The summed E-state index contributed by atoms with van der Waals surface area (Å²) < 4.78 is 0. The third-order valence-electron chi connectivity index (χ3n) is 4.53. The molecular formula is C19H8Cl2N2O6. The second-order valence-electron chi connectivity index (χ2n) is 6.19. The highest BCUT2D eigenvalue weighted by molar-refractivity contribution is 6.42. The fourth-order valence-electron chi connectivity index (χ4n) is 3.31. The Bertz CT molecular complexity index is 1290. The van der Waals surface area contributed by atoms with E-state index in [-0.39, 0.29) is 37.9 Å². The Balaban J connectivity index is 2.02. The largest absolute Gasteiger partial charge is 0.478 e. The van der Waals surface area contributed by atoms with E-state index >= 15 is 0 Å². The SMILES string of the molecule is O=C(O)c1cc(Cl)cc(N2C(=O)c3cccc4cc([N+](=O)[O-])cc(c34)C2=O)c1Cl. The molecule has 0 spiro atoms. The summed E-state index contributed by atoms with van der Waals surface area (Å²) in [6, 6.07) is 9.18. The maximum Gasteiger partial charge on any atom is 0.337 e. The summed E-state index contributed by atoms with van der Waals surface area (Å²) in [7, 11) is 0. The molecule has 0 fully saturated rings. The van der Waals surface area contributed by atoms with Crippen LogP contribution >= 0.6 is 23.2 Å². The average molecular weight is 431 g/mol. The Morgan fingerprint density at radius 2 is 1.72 bits per heavy atom. The van der Waals surface area contributed by atoms with E-state index in [1.54, 1.807) is 6.07 Å². The third kappa shape index (κ3) is 2.81. The van der Waals surface area contributed by atoms with Gasteiger partial charge in [0, 0.05) is 28.1 Å². The van der Waals surface area contributed by atoms with Crippen molar-refractivity contribution in [3.05, 3.63) is 79.3 Å². The number of halogens is 2. The molecule has 1 aliphatic rings. The van der Waals surface area contributed by atoms with Crippen LogP contribution in [0.3, 0.4) is 0 Å². The zero-order valence-corrected chi connectivity index (χ0v) is 15.7. The van der Waals surface area contributed by atoms with Crippen LogP contribution in [0.1, 0.15) is 31.1 Å². The molecule has 0 aromatic heterocycles. The number of carbonyl (C=O) groups excluding carboxylic acids is 2. The molecule has 0 saturated carbocycles. The van der Waals surface area contributed by atoms with Crippen molar-refractivity contribution in [2.45, 2.75) is 0 Å². The number of imide groups is 1. The number of carboxylic acid groups (broad SMARTS) is 1. The predicted molar refractivity (Wildman–Crippen MR) is 105 cm³/mol. The van der Waals surface area contributed by atoms with Crippen LogP contribution in [-0.2, 0) is 0 Å². The van der Waals surface area contributed by atoms with Crippen LogP contribution < -0.4 is 4.90 Å². The molecule has 2 amide bonds. The molecule has 0 aliphatic carbocycles. The van der Waals surface area contributed by atoms with Gasteiger partial charge in [-0.15, -0.1) is 0 Å². The van der Waals surface area contributed by atoms with Crippen LogP contribution in [0.15, 0.2) is 42.5 Å². The van der Waals surface area contributed by atoms with Gasteiger partial charge in [0.05, 0.1) is 26.8 Å². The maximum absolute atomic E-state index is 13.2. The number of amides is 2. The van der Waals surface area contributed by atoms with Gasteiger partial charge < -0.3 is 5.11 Å². The molecule has 0 atom stereocenters. The molecule has 1 N–H and O–H groups in total. The fourth-order valence-corrected chi connectivity index (χ4v) is 3.80. The molecule has 8 nitrogen and oxygen atoms in total. The molecule has 3 aromatic carbocycles. The highest BCUT2D eigenvalue weighted by Crippen LogP contribution is 2.39. The van der Waals surface area contributed by atoms with E-state index in [2.05, 4.69) is 0 Å². The zero-order chi connectivity index (χ0) is 21.0. The molecule has 0 radical (unpaired) electrons. The van der Waals surface area contributed by atoms with Crippen molar-refractivity contribution < 1.29 is 24.4 Å². The van der Waals surface area contributed by atoms with E-state index < -0.39 is 28.3 Å². The van der Waals surface area contributed by atoms with E-state index in [9.17, 15) is 29.6 Å². The van der Waals surface area contributed by atoms with Gasteiger partial charge in [0.2, 0.25) is 0 Å². The summed E-state index contributed by atoms with van der Waals surface area (Å²) in [5.74, 6) is -3.01. The van der Waals surface area contributed by atoms with Crippen molar-refractivity contribution in [1.29, 1.82) is 0 Å². The number of aromatic carboxylic acids is 1. The summed E-state index contributed by atoms with van der Waals surface area (Å²) in [4.78, 5) is 49.0. The van der Waals surface area contributed by atoms with Crippen LogP contribution in [-0.4, -0.2) is 27.8 Å². The molecule has 29 heavy (non-hydrogen) atoms. The number of nitro groups is 1. The van der Waals surface area contributed by atoms with Crippen molar-refractivity contribution in [1.82, 2.24) is 0 Å². The molecule has 3 aromatic rings. The van der Waals surface area contributed by atoms with Gasteiger partial charge in [-0.05, 0) is 23.6 Å². The number of nitrogens with zero attached hydrogens (tertiary/aromatic N) is 2. The van der Waals surface area contributed by atoms with E-state index in [1.807, 2.05) is 0 Å². The standard InChI is InChI=1S/C19H8Cl2N2O6/c20-9-5-13(19(26)27)16(21)14(6-9)22-17(24)11-3-1-2-8-4-10(23(28)29)7-12(15(8)11)18(22)25/h1-7H,(H,26,27). The lowest BCUT2D eigenvalue weighted by Gasteiger charge is -2.28. The lowest BCUT2D eigenvalue weighted by Crippen LogP contribution is -2.40. The topological polar surface area (TPSA) is 118 Å². The first-order chi connectivity index (χ1) is 13.7. The molecule has 144 valence electrons. The maximum atomic E-state index is 13.2. The molecule has 0 bridgehead atoms. The molecule has 0 saturated heterocycles. The first-order valence-corrected chi connectivity index (χ1v) is 8.78. The fraction of sp³-hybridized carbons (Fsp3) is 0. The minimum atomic E-state index is -1.39. The number of non-ortho nitro benzene ring substituents is 1. The van der Waals surface area contributed by atoms with Gasteiger partial charge in [-0.1, -0.05) is 35.3 Å². The van der Waals surface area contributed by atoms with Gasteiger partial charge in [-0.25, -0.2) is 9.69 Å². The van der Waals surface area contributed by atoms with Gasteiger partial charge in [-0.3, -0.25) is 19.7 Å². The zero-order valence-electron chi connectivity index (χ0n) is 14.2. The van der Waals surface area contributed by atoms with Crippen LogP contribution in [0.5, 0.6) is 0 Å². The van der Waals surface area contributed by atoms with Crippen molar-refractivity contribution in [3.63, 3.8) is 0 Å². The number of carbonyl (C=O) groups is 3. The van der Waals surface area contributed by atoms with Crippen molar-refractivity contribution in [3.8, 4) is 0 Å². The summed E-state index contributed by atoms with van der Waals surface area (Å²) in [6.45, 7) is 0. The Labute approximate surface area is 172 Å². The number of rotatable bonds is 3. The van der Waals surface area contributed by atoms with E-state index in [0.717, 1.165) is 12.1 Å². The van der Waals surface area contributed by atoms with Gasteiger partial charge in [-0.2, -0.15) is 0 Å². The Hall–Kier alpha value is -3.49. The van der Waals surface area contributed by atoms with Gasteiger partial charge >= 0.3 is 5.97 Å². The van der Waals surface area contributed by atoms with Crippen LogP contribution in [0.4, 0.5) is 11.4 Å². The van der Waals surface area contributed by atoms with E-state index in [4.69, 9.17) is 23.2 Å². The van der Waals surface area contributed by atoms with Gasteiger partial charge in [0.25, 0.3) is 17.5 Å². The normalized spacial score (nSPS) is 13.1. The average Bonchev–Trinajstić information content (AvgIpc) is 2.67. The molecule has 1 aliphatic heterocycles. The number of hydrogen-bond donors (Lipinski definition) is 1. The van der Waals surface area contributed by atoms with Crippen LogP contribution in [0, 0.1) is 10.1 Å². The van der Waals surface area contributed by atoms with E-state index in [1.165, 1.54) is 24.3 Å². The van der Waals surface area contributed by atoms with Crippen LogP contribution in [0.2, 0.25) is 10.0 Å². The molecule has 10 heteroatoms. The van der Waals surface area contributed by atoms with Gasteiger partial charge in [0.15, 0.2) is 0 Å². The Morgan fingerprint density at radius 3 is 2.38 bits per heavy atom. The first-order valence-electron chi connectivity index (χ1n) is 8.03. The highest BCUT2D eigenvalue weighted by Gasteiger charge is 2.37. The lowest BCUT2D eigenvalue weighted by atomic mass is 9.93. The quantitative estimate of drug-likeness (QED) is 0.369. The number of carboxylic acids is 1. The van der Waals surface area contributed by atoms with Crippen LogP contribution in [0.25, 0.3) is 10.8 Å². The summed E-state index contributed by atoms with van der Waals surface area (Å²) in [5, 5.41) is 20.8. The minimum absolute atomic E-state index is 0.0505. The molecule has 0 unspecified atom stereocenters. The Kier molecular flexibility index (Phi) is 4.25. The number of anilines is 1. The number of hydrogen-bond acceptors (Lipinski definition) is 5. The summed E-state index contributed by atoms with van der Waals surface area (Å²) in [6.07, 6.45) is 0. The second kappa shape index (κ2) is 6.54. The smallest absolute Gasteiger partial charge is 0.337 e. The van der Waals surface area contributed by atoms with E-state index in [0.29, 0.717) is 10.3 Å². The summed E-state index contributed by atoms with van der Waals surface area (Å²) in [5.41, 5.74) is -0.883. The highest BCUT2D eigenvalue weighted by atomic mass is 35.5. The Morgan fingerprint density at radius 1 is 1.03 bits per heavy atom. The second-order valence-corrected chi connectivity index (χ2v) is 7.01. The molecule has 4 rings (SSSR count). The monoisotopic (exact) mass is 430 g/mol. The minimum Gasteiger partial charge on any atom is -0.478 e. The van der Waals surface area contributed by atoms with Crippen molar-refractivity contribution >= 4 is 63.1 Å². The lowest BCUT2D eigenvalue weighted by molar-refractivity contribution is -0.384. The third-order valence-corrected chi connectivity index (χ3v) is 5.14. The number of benzene rings is 3. The predicted octanol–water partition coefficient (Wildman–Crippen LogP) is 4.55. The molecular weight excluding hydrogens is 423 g/mol. The molecule has 1 heterocycles. The number of nitro benzene ring substituents is 1. The van der Waals surface area contributed by atoms with Crippen molar-refractivity contribution in [2.75, 3.05) is 4.90 Å². The summed E-state index contributed by atoms with van der Waals surface area (Å²) >= 11 is 12.1. The van der Waals surface area contributed by atoms with Crippen molar-refractivity contribution in [2.24, 2.45) is 0 Å². The van der Waals surface area contributed by atoms with Gasteiger partial charge in [0.1, 0.15) is 0 Å².